The third-order valence-electron chi connectivity index (χ3n) is 2.52. The van der Waals surface area contributed by atoms with Crippen molar-refractivity contribution in [2.45, 2.75) is 34.1 Å². The standard InChI is InChI=1S/C11H21O2P/c1-8(10(3)6-12)5-9(2)11(4)7-13-14/h12H,5-7,14H2,1-4H3/b10-8+,11-9+. The molecule has 2 nitrogen and oxygen atoms in total. The predicted octanol–water partition coefficient (Wildman–Crippen LogP) is 2.85. The summed E-state index contributed by atoms with van der Waals surface area (Å²) in [5.41, 5.74) is 4.87. The second kappa shape index (κ2) is 7.17. The molecule has 0 saturated carbocycles. The molecular formula is C11H21O2P. The summed E-state index contributed by atoms with van der Waals surface area (Å²) in [4.78, 5) is 0. The molecule has 0 bridgehead atoms. The van der Waals surface area contributed by atoms with E-state index in [0.717, 1.165) is 12.0 Å². The maximum absolute atomic E-state index is 8.96. The minimum atomic E-state index is 0.151. The van der Waals surface area contributed by atoms with E-state index in [0.29, 0.717) is 6.61 Å². The summed E-state index contributed by atoms with van der Waals surface area (Å²) in [5.74, 6) is 0. The van der Waals surface area contributed by atoms with Gasteiger partial charge >= 0.3 is 0 Å². The normalized spacial score (nSPS) is 15.0. The van der Waals surface area contributed by atoms with Crippen molar-refractivity contribution in [3.8, 4) is 0 Å². The van der Waals surface area contributed by atoms with Gasteiger partial charge in [-0.05, 0) is 45.3 Å². The van der Waals surface area contributed by atoms with Crippen LogP contribution in [0.4, 0.5) is 0 Å². The number of aliphatic hydroxyl groups is 1. The van der Waals surface area contributed by atoms with Crippen LogP contribution in [-0.2, 0) is 4.52 Å². The summed E-state index contributed by atoms with van der Waals surface area (Å²) in [7, 11) is 2.26. The maximum atomic E-state index is 8.96. The number of hydrogen-bond acceptors (Lipinski definition) is 2. The van der Waals surface area contributed by atoms with Crippen molar-refractivity contribution in [1.29, 1.82) is 0 Å². The summed E-state index contributed by atoms with van der Waals surface area (Å²) in [5, 5.41) is 8.96. The first-order chi connectivity index (χ1) is 6.52. The van der Waals surface area contributed by atoms with E-state index in [4.69, 9.17) is 9.63 Å². The second-order valence-corrected chi connectivity index (χ2v) is 4.10. The van der Waals surface area contributed by atoms with Crippen LogP contribution in [-0.4, -0.2) is 18.3 Å². The third-order valence-corrected chi connectivity index (χ3v) is 2.69. The van der Waals surface area contributed by atoms with Crippen molar-refractivity contribution in [2.75, 3.05) is 13.2 Å². The molecule has 0 aliphatic carbocycles. The van der Waals surface area contributed by atoms with E-state index in [1.54, 1.807) is 0 Å². The van der Waals surface area contributed by atoms with Gasteiger partial charge in [0.05, 0.1) is 13.2 Å². The van der Waals surface area contributed by atoms with E-state index < -0.39 is 0 Å². The van der Waals surface area contributed by atoms with Gasteiger partial charge in [0.2, 0.25) is 0 Å². The zero-order valence-corrected chi connectivity index (χ0v) is 10.7. The molecule has 0 spiro atoms. The summed E-state index contributed by atoms with van der Waals surface area (Å²) in [6.07, 6.45) is 0.923. The SMILES string of the molecule is C/C(CO)=C(/C)C/C(C)=C(\C)COP. The van der Waals surface area contributed by atoms with Gasteiger partial charge in [-0.2, -0.15) is 0 Å². The molecule has 0 saturated heterocycles. The molecule has 82 valence electrons. The van der Waals surface area contributed by atoms with Gasteiger partial charge in [-0.25, -0.2) is 0 Å². The van der Waals surface area contributed by atoms with Gasteiger partial charge in [-0.3, -0.25) is 0 Å². The lowest BCUT2D eigenvalue weighted by molar-refractivity contribution is 0.330. The van der Waals surface area contributed by atoms with Crippen LogP contribution in [0.15, 0.2) is 22.3 Å². The smallest absolute Gasteiger partial charge is 0.0712 e. The van der Waals surface area contributed by atoms with Crippen LogP contribution in [0, 0.1) is 0 Å². The fourth-order valence-corrected chi connectivity index (χ4v) is 1.33. The molecule has 0 aliphatic heterocycles. The first-order valence-corrected chi connectivity index (χ1v) is 5.23. The van der Waals surface area contributed by atoms with Crippen molar-refractivity contribution in [3.63, 3.8) is 0 Å². The topological polar surface area (TPSA) is 29.5 Å². The van der Waals surface area contributed by atoms with Crippen LogP contribution in [0.5, 0.6) is 0 Å². The molecule has 0 radical (unpaired) electrons. The molecule has 0 aromatic carbocycles. The highest BCUT2D eigenvalue weighted by Crippen LogP contribution is 2.17. The molecule has 0 fully saturated rings. The Morgan fingerprint density at radius 1 is 1.00 bits per heavy atom. The average Bonchev–Trinajstić information content (AvgIpc) is 2.16. The van der Waals surface area contributed by atoms with E-state index >= 15 is 0 Å². The molecule has 14 heavy (non-hydrogen) atoms. The monoisotopic (exact) mass is 216 g/mol. The van der Waals surface area contributed by atoms with Gasteiger partial charge in [0, 0.05) is 9.47 Å². The van der Waals surface area contributed by atoms with Gasteiger partial charge in [-0.1, -0.05) is 11.1 Å². The summed E-state index contributed by atoms with van der Waals surface area (Å²) >= 11 is 0. The highest BCUT2D eigenvalue weighted by molar-refractivity contribution is 7.09. The second-order valence-electron chi connectivity index (χ2n) is 3.77. The molecule has 0 aromatic rings. The van der Waals surface area contributed by atoms with E-state index in [1.807, 2.05) is 6.92 Å². The lowest BCUT2D eigenvalue weighted by Gasteiger charge is -2.09. The Bertz CT molecular complexity index is 242. The number of hydrogen-bond donors (Lipinski definition) is 1. The molecule has 0 aliphatic rings. The van der Waals surface area contributed by atoms with Crippen molar-refractivity contribution in [2.24, 2.45) is 0 Å². The summed E-state index contributed by atoms with van der Waals surface area (Å²) < 4.78 is 4.99. The minimum absolute atomic E-state index is 0.151. The van der Waals surface area contributed by atoms with E-state index in [9.17, 15) is 0 Å². The lowest BCUT2D eigenvalue weighted by atomic mass is 10.0. The number of aliphatic hydroxyl groups excluding tert-OH is 1. The van der Waals surface area contributed by atoms with Crippen LogP contribution in [0.25, 0.3) is 0 Å². The molecule has 0 aromatic heterocycles. The van der Waals surface area contributed by atoms with Crippen LogP contribution in [0.1, 0.15) is 34.1 Å². The maximum Gasteiger partial charge on any atom is 0.0712 e. The van der Waals surface area contributed by atoms with Crippen molar-refractivity contribution >= 4 is 9.47 Å². The molecule has 3 heteroatoms. The molecule has 1 unspecified atom stereocenters. The first kappa shape index (κ1) is 13.8. The highest BCUT2D eigenvalue weighted by Gasteiger charge is 2.01. The Labute approximate surface area is 89.3 Å². The molecule has 1 N–H and O–H groups in total. The van der Waals surface area contributed by atoms with Crippen LogP contribution in [0.3, 0.4) is 0 Å². The highest BCUT2D eigenvalue weighted by atomic mass is 31.0. The Balaban J connectivity index is 4.45. The van der Waals surface area contributed by atoms with E-state index in [-0.39, 0.29) is 6.61 Å². The number of allylic oxidation sites excluding steroid dienone is 2. The Morgan fingerprint density at radius 2 is 1.50 bits per heavy atom. The summed E-state index contributed by atoms with van der Waals surface area (Å²) in [6, 6.07) is 0. The van der Waals surface area contributed by atoms with E-state index in [1.165, 1.54) is 16.7 Å². The van der Waals surface area contributed by atoms with Crippen LogP contribution in [0.2, 0.25) is 0 Å². The Hall–Kier alpha value is -0.170. The van der Waals surface area contributed by atoms with Gasteiger partial charge in [0.25, 0.3) is 0 Å². The van der Waals surface area contributed by atoms with Gasteiger partial charge < -0.3 is 9.63 Å². The molecular weight excluding hydrogens is 195 g/mol. The van der Waals surface area contributed by atoms with Crippen LogP contribution < -0.4 is 0 Å². The molecule has 1 atom stereocenters. The molecule has 0 amide bonds. The Morgan fingerprint density at radius 3 is 1.93 bits per heavy atom. The van der Waals surface area contributed by atoms with Crippen molar-refractivity contribution in [3.05, 3.63) is 22.3 Å². The van der Waals surface area contributed by atoms with Gasteiger partial charge in [0.15, 0.2) is 0 Å². The molecule has 0 heterocycles. The zero-order valence-electron chi connectivity index (χ0n) is 9.55. The third kappa shape index (κ3) is 4.90. The zero-order chi connectivity index (χ0) is 11.1. The minimum Gasteiger partial charge on any atom is -0.392 e. The number of rotatable bonds is 5. The largest absolute Gasteiger partial charge is 0.392 e. The van der Waals surface area contributed by atoms with Gasteiger partial charge in [-0.15, -0.1) is 0 Å². The van der Waals surface area contributed by atoms with Crippen molar-refractivity contribution < 1.29 is 9.63 Å². The van der Waals surface area contributed by atoms with E-state index in [2.05, 4.69) is 30.2 Å². The Kier molecular flexibility index (Phi) is 7.08. The fraction of sp³-hybridized carbons (Fsp3) is 0.636. The van der Waals surface area contributed by atoms with Crippen molar-refractivity contribution in [1.82, 2.24) is 0 Å². The molecule has 0 rings (SSSR count). The summed E-state index contributed by atoms with van der Waals surface area (Å²) in [6.45, 7) is 9.00. The quantitative estimate of drug-likeness (QED) is 0.565. The van der Waals surface area contributed by atoms with Gasteiger partial charge in [0.1, 0.15) is 0 Å². The van der Waals surface area contributed by atoms with Crippen LogP contribution >= 0.6 is 9.47 Å². The fourth-order valence-electron chi connectivity index (χ4n) is 1.08. The average molecular weight is 216 g/mol. The first-order valence-electron chi connectivity index (χ1n) is 4.75. The predicted molar refractivity (Wildman–Crippen MR) is 64.1 cm³/mol. The lowest BCUT2D eigenvalue weighted by Crippen LogP contribution is -1.95.